The van der Waals surface area contributed by atoms with E-state index in [9.17, 15) is 5.11 Å². The number of hydrogen-bond donors (Lipinski definition) is 2. The highest BCUT2D eigenvalue weighted by atomic mass is 16.3. The van der Waals surface area contributed by atoms with Crippen molar-refractivity contribution in [3.8, 4) is 0 Å². The first-order chi connectivity index (χ1) is 9.00. The minimum atomic E-state index is -0.879. The van der Waals surface area contributed by atoms with Crippen LogP contribution in [0.1, 0.15) is 26.3 Å². The van der Waals surface area contributed by atoms with Gasteiger partial charge in [0.1, 0.15) is 0 Å². The second kappa shape index (κ2) is 5.68. The van der Waals surface area contributed by atoms with E-state index in [4.69, 9.17) is 0 Å². The van der Waals surface area contributed by atoms with Gasteiger partial charge in [0.2, 0.25) is 0 Å². The van der Waals surface area contributed by atoms with Crippen molar-refractivity contribution in [1.29, 1.82) is 0 Å². The van der Waals surface area contributed by atoms with Crippen LogP contribution in [0.15, 0.2) is 36.7 Å². The predicted molar refractivity (Wildman–Crippen MR) is 79.0 cm³/mol. The zero-order chi connectivity index (χ0) is 13.9. The number of aromatic nitrogens is 1. The molecule has 0 saturated heterocycles. The summed E-state index contributed by atoms with van der Waals surface area (Å²) >= 11 is 0. The van der Waals surface area contributed by atoms with Gasteiger partial charge in [-0.1, -0.05) is 32.0 Å². The third kappa shape index (κ3) is 3.31. The first-order valence-electron chi connectivity index (χ1n) is 6.77. The van der Waals surface area contributed by atoms with E-state index < -0.39 is 5.60 Å². The molecule has 0 radical (unpaired) electrons. The molecule has 1 aromatic heterocycles. The van der Waals surface area contributed by atoms with Crippen molar-refractivity contribution >= 4 is 10.8 Å². The van der Waals surface area contributed by atoms with Gasteiger partial charge in [-0.3, -0.25) is 4.98 Å². The van der Waals surface area contributed by atoms with Crippen LogP contribution in [0.5, 0.6) is 0 Å². The molecular weight excluding hydrogens is 236 g/mol. The van der Waals surface area contributed by atoms with Gasteiger partial charge in [0.15, 0.2) is 0 Å². The molecule has 102 valence electrons. The number of rotatable bonds is 5. The molecule has 0 saturated carbocycles. The summed E-state index contributed by atoms with van der Waals surface area (Å²) < 4.78 is 0. The molecule has 0 amide bonds. The van der Waals surface area contributed by atoms with E-state index in [0.717, 1.165) is 22.9 Å². The van der Waals surface area contributed by atoms with Crippen LogP contribution in [0.3, 0.4) is 0 Å². The van der Waals surface area contributed by atoms with Gasteiger partial charge >= 0.3 is 0 Å². The zero-order valence-electron chi connectivity index (χ0n) is 11.9. The lowest BCUT2D eigenvalue weighted by Crippen LogP contribution is -2.37. The molecule has 0 aliphatic heterocycles. The highest BCUT2D eigenvalue weighted by Crippen LogP contribution is 2.27. The predicted octanol–water partition coefficient (Wildman–Crippen LogP) is 2.69. The Morgan fingerprint density at radius 3 is 2.84 bits per heavy atom. The summed E-state index contributed by atoms with van der Waals surface area (Å²) in [5.74, 6) is 0.576. The standard InChI is InChI=1S/C16H22N2O/c1-12(2)9-18-11-16(3,19)15-6-4-5-13-10-17-8-7-14(13)15/h4-8,10,12,18-19H,9,11H2,1-3H3. The van der Waals surface area contributed by atoms with Crippen molar-refractivity contribution in [2.45, 2.75) is 26.4 Å². The Morgan fingerprint density at radius 2 is 2.11 bits per heavy atom. The summed E-state index contributed by atoms with van der Waals surface area (Å²) in [4.78, 5) is 4.12. The smallest absolute Gasteiger partial charge is 0.0998 e. The lowest BCUT2D eigenvalue weighted by Gasteiger charge is -2.26. The first kappa shape index (κ1) is 14.0. The van der Waals surface area contributed by atoms with E-state index in [-0.39, 0.29) is 0 Å². The van der Waals surface area contributed by atoms with E-state index in [2.05, 4.69) is 24.1 Å². The molecule has 2 aromatic rings. The van der Waals surface area contributed by atoms with Gasteiger partial charge in [-0.05, 0) is 36.4 Å². The number of aliphatic hydroxyl groups is 1. The van der Waals surface area contributed by atoms with E-state index in [1.165, 1.54) is 0 Å². The van der Waals surface area contributed by atoms with E-state index in [1.54, 1.807) is 6.20 Å². The number of hydrogen-bond acceptors (Lipinski definition) is 3. The van der Waals surface area contributed by atoms with Crippen molar-refractivity contribution in [3.05, 3.63) is 42.2 Å². The van der Waals surface area contributed by atoms with Crippen molar-refractivity contribution < 1.29 is 5.11 Å². The Kier molecular flexibility index (Phi) is 4.17. The normalized spacial score (nSPS) is 14.8. The number of nitrogens with zero attached hydrogens (tertiary/aromatic N) is 1. The Morgan fingerprint density at radius 1 is 1.32 bits per heavy atom. The fraction of sp³-hybridized carbons (Fsp3) is 0.438. The van der Waals surface area contributed by atoms with Crippen molar-refractivity contribution in [1.82, 2.24) is 10.3 Å². The van der Waals surface area contributed by atoms with Crippen LogP contribution in [0.2, 0.25) is 0 Å². The van der Waals surface area contributed by atoms with E-state index >= 15 is 0 Å². The third-order valence-electron chi connectivity index (χ3n) is 3.28. The Balaban J connectivity index is 2.27. The molecule has 0 bridgehead atoms. The minimum Gasteiger partial charge on any atom is -0.384 e. The van der Waals surface area contributed by atoms with Gasteiger partial charge in [-0.15, -0.1) is 0 Å². The van der Waals surface area contributed by atoms with Crippen LogP contribution in [0.4, 0.5) is 0 Å². The molecule has 2 rings (SSSR count). The summed E-state index contributed by atoms with van der Waals surface area (Å²) in [5.41, 5.74) is 0.0686. The maximum atomic E-state index is 10.7. The average molecular weight is 258 g/mol. The maximum Gasteiger partial charge on any atom is 0.0998 e. The lowest BCUT2D eigenvalue weighted by molar-refractivity contribution is 0.0579. The van der Waals surface area contributed by atoms with Gasteiger partial charge in [0.05, 0.1) is 5.60 Å². The molecule has 1 aromatic carbocycles. The Labute approximate surface area is 114 Å². The maximum absolute atomic E-state index is 10.7. The number of nitrogens with one attached hydrogen (secondary N) is 1. The molecule has 1 unspecified atom stereocenters. The molecule has 3 heteroatoms. The minimum absolute atomic E-state index is 0.548. The summed E-state index contributed by atoms with van der Waals surface area (Å²) in [6.07, 6.45) is 3.60. The Hall–Kier alpha value is -1.45. The molecule has 0 spiro atoms. The quantitative estimate of drug-likeness (QED) is 0.866. The van der Waals surface area contributed by atoms with Crippen molar-refractivity contribution in [3.63, 3.8) is 0 Å². The fourth-order valence-electron chi connectivity index (χ4n) is 2.29. The Bertz CT molecular complexity index is 544. The second-order valence-corrected chi connectivity index (χ2v) is 5.70. The third-order valence-corrected chi connectivity index (χ3v) is 3.28. The van der Waals surface area contributed by atoms with Gasteiger partial charge < -0.3 is 10.4 Å². The zero-order valence-corrected chi connectivity index (χ0v) is 11.9. The molecule has 3 nitrogen and oxygen atoms in total. The fourth-order valence-corrected chi connectivity index (χ4v) is 2.29. The second-order valence-electron chi connectivity index (χ2n) is 5.70. The van der Waals surface area contributed by atoms with Gasteiger partial charge in [0, 0.05) is 24.3 Å². The van der Waals surface area contributed by atoms with Crippen LogP contribution in [0, 0.1) is 5.92 Å². The summed E-state index contributed by atoms with van der Waals surface area (Å²) in [5, 5.41) is 16.2. The molecule has 19 heavy (non-hydrogen) atoms. The molecule has 2 N–H and O–H groups in total. The highest BCUT2D eigenvalue weighted by molar-refractivity contribution is 5.85. The summed E-state index contributed by atoms with van der Waals surface area (Å²) in [6, 6.07) is 7.93. The topological polar surface area (TPSA) is 45.1 Å². The number of pyridine rings is 1. The van der Waals surface area contributed by atoms with Crippen LogP contribution in [-0.4, -0.2) is 23.2 Å². The van der Waals surface area contributed by atoms with Crippen LogP contribution >= 0.6 is 0 Å². The van der Waals surface area contributed by atoms with Gasteiger partial charge in [-0.2, -0.15) is 0 Å². The SMILES string of the molecule is CC(C)CNCC(C)(O)c1cccc2cnccc12. The van der Waals surface area contributed by atoms with Gasteiger partial charge in [-0.25, -0.2) is 0 Å². The van der Waals surface area contributed by atoms with E-state index in [0.29, 0.717) is 12.5 Å². The number of benzene rings is 1. The number of fused-ring (bicyclic) bond motifs is 1. The molecule has 1 atom stereocenters. The largest absolute Gasteiger partial charge is 0.384 e. The molecular formula is C16H22N2O. The van der Waals surface area contributed by atoms with E-state index in [1.807, 2.05) is 37.4 Å². The average Bonchev–Trinajstić information content (AvgIpc) is 2.37. The highest BCUT2D eigenvalue weighted by Gasteiger charge is 2.24. The molecule has 0 aliphatic carbocycles. The first-order valence-corrected chi connectivity index (χ1v) is 6.77. The van der Waals surface area contributed by atoms with Crippen LogP contribution < -0.4 is 5.32 Å². The van der Waals surface area contributed by atoms with Crippen LogP contribution in [-0.2, 0) is 5.60 Å². The van der Waals surface area contributed by atoms with Crippen molar-refractivity contribution in [2.75, 3.05) is 13.1 Å². The molecule has 0 aliphatic rings. The molecule has 0 fully saturated rings. The van der Waals surface area contributed by atoms with Crippen molar-refractivity contribution in [2.24, 2.45) is 5.92 Å². The monoisotopic (exact) mass is 258 g/mol. The summed E-state index contributed by atoms with van der Waals surface area (Å²) in [6.45, 7) is 7.63. The summed E-state index contributed by atoms with van der Waals surface area (Å²) in [7, 11) is 0. The molecule has 1 heterocycles. The van der Waals surface area contributed by atoms with Gasteiger partial charge in [0.25, 0.3) is 0 Å². The lowest BCUT2D eigenvalue weighted by atomic mass is 9.91. The van der Waals surface area contributed by atoms with Crippen LogP contribution in [0.25, 0.3) is 10.8 Å².